The SMILES string of the molecule is CNC(Cc1cc(Br)cs1)Cn1cnc2ccccc21. The number of hydrogen-bond acceptors (Lipinski definition) is 3. The van der Waals surface area contributed by atoms with Crippen molar-refractivity contribution in [1.82, 2.24) is 14.9 Å². The molecule has 3 nitrogen and oxygen atoms in total. The molecule has 1 unspecified atom stereocenters. The lowest BCUT2D eigenvalue weighted by molar-refractivity contribution is 0.487. The maximum Gasteiger partial charge on any atom is 0.0958 e. The summed E-state index contributed by atoms with van der Waals surface area (Å²) < 4.78 is 3.39. The molecule has 3 rings (SSSR count). The van der Waals surface area contributed by atoms with Crippen molar-refractivity contribution >= 4 is 38.3 Å². The van der Waals surface area contributed by atoms with Gasteiger partial charge in [0.2, 0.25) is 0 Å². The number of imidazole rings is 1. The first kappa shape index (κ1) is 13.8. The summed E-state index contributed by atoms with van der Waals surface area (Å²) in [7, 11) is 2.02. The minimum absolute atomic E-state index is 0.401. The van der Waals surface area contributed by atoms with Crippen LogP contribution in [0.5, 0.6) is 0 Å². The number of fused-ring (bicyclic) bond motifs is 1. The van der Waals surface area contributed by atoms with Gasteiger partial charge in [-0.05, 0) is 47.6 Å². The largest absolute Gasteiger partial charge is 0.329 e. The van der Waals surface area contributed by atoms with E-state index in [1.807, 2.05) is 19.4 Å². The van der Waals surface area contributed by atoms with Crippen molar-refractivity contribution in [2.24, 2.45) is 0 Å². The molecule has 5 heteroatoms. The highest BCUT2D eigenvalue weighted by atomic mass is 79.9. The van der Waals surface area contributed by atoms with Crippen molar-refractivity contribution in [2.75, 3.05) is 7.05 Å². The standard InChI is InChI=1S/C15H16BrN3S/c1-17-12(7-13-6-11(16)9-20-13)8-19-10-18-14-4-2-3-5-15(14)19/h2-6,9-10,12,17H,7-8H2,1H3. The van der Waals surface area contributed by atoms with Crippen LogP contribution in [0.2, 0.25) is 0 Å². The number of aromatic nitrogens is 2. The van der Waals surface area contributed by atoms with Gasteiger partial charge < -0.3 is 9.88 Å². The zero-order valence-corrected chi connectivity index (χ0v) is 13.6. The van der Waals surface area contributed by atoms with Crippen LogP contribution in [0.4, 0.5) is 0 Å². The van der Waals surface area contributed by atoms with E-state index < -0.39 is 0 Å². The summed E-state index contributed by atoms with van der Waals surface area (Å²) in [5.41, 5.74) is 2.25. The lowest BCUT2D eigenvalue weighted by Crippen LogP contribution is -2.31. The Morgan fingerprint density at radius 2 is 2.25 bits per heavy atom. The Labute approximate surface area is 130 Å². The highest BCUT2D eigenvalue weighted by Gasteiger charge is 2.11. The van der Waals surface area contributed by atoms with E-state index in [4.69, 9.17) is 0 Å². The van der Waals surface area contributed by atoms with Gasteiger partial charge in [0, 0.05) is 27.3 Å². The number of halogens is 1. The number of para-hydroxylation sites is 2. The Kier molecular flexibility index (Phi) is 4.19. The highest BCUT2D eigenvalue weighted by molar-refractivity contribution is 9.10. The Morgan fingerprint density at radius 3 is 3.00 bits per heavy atom. The van der Waals surface area contributed by atoms with Crippen LogP contribution in [0.15, 0.2) is 46.5 Å². The van der Waals surface area contributed by atoms with Gasteiger partial charge in [0.25, 0.3) is 0 Å². The van der Waals surface area contributed by atoms with Crippen molar-refractivity contribution in [3.05, 3.63) is 51.4 Å². The molecule has 2 heterocycles. The monoisotopic (exact) mass is 349 g/mol. The molecule has 2 aromatic heterocycles. The highest BCUT2D eigenvalue weighted by Crippen LogP contribution is 2.21. The average molecular weight is 350 g/mol. The Morgan fingerprint density at radius 1 is 1.40 bits per heavy atom. The lowest BCUT2D eigenvalue weighted by Gasteiger charge is -2.16. The molecule has 0 radical (unpaired) electrons. The summed E-state index contributed by atoms with van der Waals surface area (Å²) >= 11 is 5.31. The van der Waals surface area contributed by atoms with Crippen molar-refractivity contribution in [3.8, 4) is 0 Å². The van der Waals surface area contributed by atoms with Crippen LogP contribution in [0, 0.1) is 0 Å². The molecule has 0 spiro atoms. The lowest BCUT2D eigenvalue weighted by atomic mass is 10.2. The van der Waals surface area contributed by atoms with Gasteiger partial charge in [-0.3, -0.25) is 0 Å². The van der Waals surface area contributed by atoms with E-state index in [1.165, 1.54) is 14.9 Å². The van der Waals surface area contributed by atoms with E-state index in [9.17, 15) is 0 Å². The summed E-state index contributed by atoms with van der Waals surface area (Å²) in [5, 5.41) is 5.54. The first-order chi connectivity index (χ1) is 9.76. The fourth-order valence-corrected chi connectivity index (χ4v) is 3.89. The van der Waals surface area contributed by atoms with Gasteiger partial charge in [-0.1, -0.05) is 12.1 Å². The predicted octanol–water partition coefficient (Wildman–Crippen LogP) is 3.69. The fourth-order valence-electron chi connectivity index (χ4n) is 2.35. The van der Waals surface area contributed by atoms with Crippen LogP contribution in [-0.4, -0.2) is 22.6 Å². The zero-order chi connectivity index (χ0) is 13.9. The third-order valence-electron chi connectivity index (χ3n) is 3.42. The van der Waals surface area contributed by atoms with Crippen LogP contribution < -0.4 is 5.32 Å². The van der Waals surface area contributed by atoms with E-state index in [2.05, 4.69) is 60.4 Å². The summed E-state index contributed by atoms with van der Waals surface area (Å²) in [6, 6.07) is 10.9. The molecule has 3 aromatic rings. The maximum atomic E-state index is 4.45. The first-order valence-electron chi connectivity index (χ1n) is 6.56. The van der Waals surface area contributed by atoms with Gasteiger partial charge in [-0.2, -0.15) is 0 Å². The van der Waals surface area contributed by atoms with Crippen molar-refractivity contribution in [1.29, 1.82) is 0 Å². The average Bonchev–Trinajstić information content (AvgIpc) is 3.05. The number of nitrogens with zero attached hydrogens (tertiary/aromatic N) is 2. The minimum atomic E-state index is 0.401. The van der Waals surface area contributed by atoms with Gasteiger partial charge in [-0.15, -0.1) is 11.3 Å². The second-order valence-electron chi connectivity index (χ2n) is 4.81. The molecule has 20 heavy (non-hydrogen) atoms. The third-order valence-corrected chi connectivity index (χ3v) is 5.14. The van der Waals surface area contributed by atoms with E-state index in [-0.39, 0.29) is 0 Å². The molecule has 0 aliphatic rings. The number of nitrogens with one attached hydrogen (secondary N) is 1. The molecular formula is C15H16BrN3S. The Hall–Kier alpha value is -1.17. The molecule has 1 N–H and O–H groups in total. The zero-order valence-electron chi connectivity index (χ0n) is 11.2. The number of benzene rings is 1. The molecule has 0 saturated carbocycles. The molecule has 0 saturated heterocycles. The van der Waals surface area contributed by atoms with Gasteiger partial charge in [-0.25, -0.2) is 4.98 Å². The van der Waals surface area contributed by atoms with Crippen LogP contribution in [0.1, 0.15) is 4.88 Å². The number of rotatable bonds is 5. The van der Waals surface area contributed by atoms with Crippen molar-refractivity contribution < 1.29 is 0 Å². The van der Waals surface area contributed by atoms with Crippen molar-refractivity contribution in [2.45, 2.75) is 19.0 Å². The quantitative estimate of drug-likeness (QED) is 0.761. The van der Waals surface area contributed by atoms with E-state index in [0.717, 1.165) is 18.5 Å². The van der Waals surface area contributed by atoms with Crippen molar-refractivity contribution in [3.63, 3.8) is 0 Å². The molecule has 1 atom stereocenters. The number of likely N-dealkylation sites (N-methyl/N-ethyl adjacent to an activating group) is 1. The molecule has 0 fully saturated rings. The second kappa shape index (κ2) is 6.08. The van der Waals surface area contributed by atoms with Gasteiger partial charge in [0.05, 0.1) is 17.4 Å². The van der Waals surface area contributed by atoms with E-state index in [1.54, 1.807) is 11.3 Å². The smallest absolute Gasteiger partial charge is 0.0958 e. The Bertz CT molecular complexity index is 704. The normalized spacial score (nSPS) is 12.9. The molecule has 0 bridgehead atoms. The summed E-state index contributed by atoms with van der Waals surface area (Å²) in [5.74, 6) is 0. The molecule has 1 aromatic carbocycles. The topological polar surface area (TPSA) is 29.9 Å². The summed E-state index contributed by atoms with van der Waals surface area (Å²) in [6.45, 7) is 0.923. The number of hydrogen-bond donors (Lipinski definition) is 1. The number of thiophene rings is 1. The Balaban J connectivity index is 1.77. The van der Waals surface area contributed by atoms with Crippen LogP contribution >= 0.6 is 27.3 Å². The molecular weight excluding hydrogens is 334 g/mol. The first-order valence-corrected chi connectivity index (χ1v) is 8.23. The van der Waals surface area contributed by atoms with E-state index in [0.29, 0.717) is 6.04 Å². The fraction of sp³-hybridized carbons (Fsp3) is 0.267. The van der Waals surface area contributed by atoms with Crippen LogP contribution in [-0.2, 0) is 13.0 Å². The van der Waals surface area contributed by atoms with Gasteiger partial charge in [0.1, 0.15) is 0 Å². The van der Waals surface area contributed by atoms with Gasteiger partial charge in [0.15, 0.2) is 0 Å². The predicted molar refractivity (Wildman–Crippen MR) is 88.3 cm³/mol. The summed E-state index contributed by atoms with van der Waals surface area (Å²) in [6.07, 6.45) is 2.96. The second-order valence-corrected chi connectivity index (χ2v) is 6.72. The third kappa shape index (κ3) is 2.95. The molecule has 0 aliphatic carbocycles. The maximum absolute atomic E-state index is 4.45. The van der Waals surface area contributed by atoms with Crippen LogP contribution in [0.25, 0.3) is 11.0 Å². The molecule has 0 aliphatic heterocycles. The molecule has 0 amide bonds. The van der Waals surface area contributed by atoms with Crippen LogP contribution in [0.3, 0.4) is 0 Å². The molecule has 104 valence electrons. The minimum Gasteiger partial charge on any atom is -0.329 e. The van der Waals surface area contributed by atoms with Gasteiger partial charge >= 0.3 is 0 Å². The van der Waals surface area contributed by atoms with E-state index >= 15 is 0 Å². The summed E-state index contributed by atoms with van der Waals surface area (Å²) in [4.78, 5) is 5.84.